The molecule has 1 N–H and O–H groups in total. The van der Waals surface area contributed by atoms with Crippen LogP contribution in [0.25, 0.3) is 5.69 Å². The number of nitrogens with one attached hydrogen (secondary N) is 1. The molecule has 3 rings (SSSR count). The lowest BCUT2D eigenvalue weighted by atomic mass is 10.3. The number of nitrogens with zero attached hydrogens (tertiary/aromatic N) is 4. The average molecular weight is 436 g/mol. The second kappa shape index (κ2) is 9.61. The van der Waals surface area contributed by atoms with Crippen LogP contribution in [0.3, 0.4) is 0 Å². The van der Waals surface area contributed by atoms with Gasteiger partial charge in [-0.05, 0) is 37.6 Å². The molecule has 29 heavy (non-hydrogen) atoms. The van der Waals surface area contributed by atoms with Crippen LogP contribution in [-0.2, 0) is 4.79 Å². The van der Waals surface area contributed by atoms with E-state index in [4.69, 9.17) is 4.74 Å². The predicted molar refractivity (Wildman–Crippen MR) is 109 cm³/mol. The number of thioether (sulfide) groups is 1. The summed E-state index contributed by atoms with van der Waals surface area (Å²) in [6.07, 6.45) is 2.34. The van der Waals surface area contributed by atoms with Crippen molar-refractivity contribution >= 4 is 39.9 Å². The number of benzene rings is 1. The fourth-order valence-electron chi connectivity index (χ4n) is 2.20. The fourth-order valence-corrected chi connectivity index (χ4v) is 3.74. The van der Waals surface area contributed by atoms with Crippen LogP contribution in [0.5, 0.6) is 5.75 Å². The first-order valence-corrected chi connectivity index (χ1v) is 10.5. The lowest BCUT2D eigenvalue weighted by Crippen LogP contribution is -2.14. The number of rotatable bonds is 9. The summed E-state index contributed by atoms with van der Waals surface area (Å²) < 4.78 is 20.9. The number of carbonyl (C=O) groups excluding carboxylic acids is 2. The number of hydrogen-bond acceptors (Lipinski definition) is 8. The van der Waals surface area contributed by atoms with Crippen LogP contribution in [-0.4, -0.2) is 44.0 Å². The third-order valence-corrected chi connectivity index (χ3v) is 5.59. The summed E-state index contributed by atoms with van der Waals surface area (Å²) in [7, 11) is 0. The highest BCUT2D eigenvalue weighted by atomic mass is 32.2. The predicted octanol–water partition coefficient (Wildman–Crippen LogP) is 3.59. The Labute approximate surface area is 174 Å². The van der Waals surface area contributed by atoms with Gasteiger partial charge in [0.1, 0.15) is 11.6 Å². The Morgan fingerprint density at radius 2 is 2.03 bits per heavy atom. The topological polar surface area (TPSA) is 99.0 Å². The number of Topliss-reactive ketones (excluding diaryl/α,β-unsaturated/α-hetero) is 1. The van der Waals surface area contributed by atoms with Crippen molar-refractivity contribution in [3.05, 3.63) is 42.0 Å². The molecule has 0 saturated heterocycles. The van der Waals surface area contributed by atoms with E-state index in [0.717, 1.165) is 6.42 Å². The van der Waals surface area contributed by atoms with Gasteiger partial charge in [-0.25, -0.2) is 9.07 Å². The van der Waals surface area contributed by atoms with Crippen molar-refractivity contribution in [2.45, 2.75) is 24.6 Å². The summed E-state index contributed by atoms with van der Waals surface area (Å²) in [6.45, 7) is 3.86. The molecule has 0 fully saturated rings. The number of hydrogen-bond donors (Lipinski definition) is 1. The van der Waals surface area contributed by atoms with Gasteiger partial charge in [-0.3, -0.25) is 14.9 Å². The molecule has 0 aliphatic rings. The minimum atomic E-state index is -0.503. The van der Waals surface area contributed by atoms with E-state index in [0.29, 0.717) is 33.3 Å². The molecule has 0 aliphatic carbocycles. The Balaban J connectivity index is 1.79. The van der Waals surface area contributed by atoms with E-state index >= 15 is 0 Å². The van der Waals surface area contributed by atoms with Gasteiger partial charge in [0, 0.05) is 0 Å². The average Bonchev–Trinajstić information content (AvgIpc) is 3.32. The van der Waals surface area contributed by atoms with E-state index < -0.39 is 5.91 Å². The minimum Gasteiger partial charge on any atom is -0.489 e. The second-order valence-electron chi connectivity index (χ2n) is 5.93. The molecular formula is C18H18FN5O3S2. The zero-order valence-electron chi connectivity index (χ0n) is 15.7. The fraction of sp³-hybridized carbons (Fsp3) is 0.278. The molecule has 0 aliphatic heterocycles. The standard InChI is InChI=1S/C18H18FN5O3S2/c1-3-8-27-14-9-24(13-6-4-12(19)5-7-13)23-15(14)16(26)20-17-21-22-18(29-17)28-10-11(2)25/h4-7,9H,3,8,10H2,1-2H3,(H,20,21,26). The van der Waals surface area contributed by atoms with Crippen LogP contribution in [0, 0.1) is 5.82 Å². The Kier molecular flexibility index (Phi) is 6.94. The van der Waals surface area contributed by atoms with Crippen molar-refractivity contribution < 1.29 is 18.7 Å². The Morgan fingerprint density at radius 3 is 2.72 bits per heavy atom. The molecule has 2 aromatic heterocycles. The number of anilines is 1. The molecule has 152 valence electrons. The van der Waals surface area contributed by atoms with E-state index in [-0.39, 0.29) is 17.3 Å². The first-order valence-electron chi connectivity index (χ1n) is 8.71. The monoisotopic (exact) mass is 435 g/mol. The SMILES string of the molecule is CCCOc1cn(-c2ccc(F)cc2)nc1C(=O)Nc1nnc(SCC(C)=O)s1. The highest BCUT2D eigenvalue weighted by Crippen LogP contribution is 2.27. The van der Waals surface area contributed by atoms with Crippen molar-refractivity contribution in [1.29, 1.82) is 0 Å². The number of ether oxygens (including phenoxy) is 1. The molecule has 0 bridgehead atoms. The number of carbonyl (C=O) groups is 2. The van der Waals surface area contributed by atoms with Crippen LogP contribution in [0.2, 0.25) is 0 Å². The quantitative estimate of drug-likeness (QED) is 0.405. The van der Waals surface area contributed by atoms with Gasteiger partial charge in [0.25, 0.3) is 5.91 Å². The van der Waals surface area contributed by atoms with Crippen LogP contribution in [0.15, 0.2) is 34.8 Å². The zero-order chi connectivity index (χ0) is 20.8. The maximum atomic E-state index is 13.2. The van der Waals surface area contributed by atoms with E-state index in [1.807, 2.05) is 6.92 Å². The summed E-state index contributed by atoms with van der Waals surface area (Å²) in [4.78, 5) is 23.8. The third kappa shape index (κ3) is 5.61. The summed E-state index contributed by atoms with van der Waals surface area (Å²) >= 11 is 2.42. The van der Waals surface area contributed by atoms with Crippen LogP contribution in [0.4, 0.5) is 9.52 Å². The molecule has 8 nitrogen and oxygen atoms in total. The molecule has 1 aromatic carbocycles. The maximum Gasteiger partial charge on any atom is 0.281 e. The van der Waals surface area contributed by atoms with E-state index in [1.54, 1.807) is 18.3 Å². The molecule has 0 radical (unpaired) electrons. The maximum absolute atomic E-state index is 13.2. The molecule has 0 unspecified atom stereocenters. The van der Waals surface area contributed by atoms with Crippen molar-refractivity contribution in [3.8, 4) is 11.4 Å². The molecule has 2 heterocycles. The number of halogens is 1. The van der Waals surface area contributed by atoms with Crippen molar-refractivity contribution in [1.82, 2.24) is 20.0 Å². The van der Waals surface area contributed by atoms with Crippen LogP contribution < -0.4 is 10.1 Å². The van der Waals surface area contributed by atoms with Crippen LogP contribution in [0.1, 0.15) is 30.8 Å². The first-order chi connectivity index (χ1) is 14.0. The highest BCUT2D eigenvalue weighted by molar-refractivity contribution is 8.01. The number of aromatic nitrogens is 4. The van der Waals surface area contributed by atoms with Crippen LogP contribution >= 0.6 is 23.1 Å². The molecular weight excluding hydrogens is 417 g/mol. The molecule has 0 saturated carbocycles. The normalized spacial score (nSPS) is 10.7. The van der Waals surface area contributed by atoms with Gasteiger partial charge in [-0.1, -0.05) is 30.0 Å². The van der Waals surface area contributed by atoms with Gasteiger partial charge in [0.05, 0.1) is 24.2 Å². The first kappa shape index (κ1) is 20.9. The molecule has 0 atom stereocenters. The lowest BCUT2D eigenvalue weighted by molar-refractivity contribution is -0.114. The van der Waals surface area contributed by atoms with Gasteiger partial charge in [0.15, 0.2) is 15.8 Å². The molecule has 11 heteroatoms. The smallest absolute Gasteiger partial charge is 0.281 e. The summed E-state index contributed by atoms with van der Waals surface area (Å²) in [6, 6.07) is 5.73. The number of ketones is 1. The van der Waals surface area contributed by atoms with Gasteiger partial charge in [0.2, 0.25) is 5.13 Å². The van der Waals surface area contributed by atoms with Crippen molar-refractivity contribution in [2.75, 3.05) is 17.7 Å². The summed E-state index contributed by atoms with van der Waals surface area (Å²) in [5.74, 6) is -0.240. The van der Waals surface area contributed by atoms with Gasteiger partial charge in [-0.15, -0.1) is 10.2 Å². The third-order valence-electron chi connectivity index (χ3n) is 3.47. The van der Waals surface area contributed by atoms with Crippen molar-refractivity contribution in [3.63, 3.8) is 0 Å². The van der Waals surface area contributed by atoms with E-state index in [9.17, 15) is 14.0 Å². The highest BCUT2D eigenvalue weighted by Gasteiger charge is 2.21. The summed E-state index contributed by atoms with van der Waals surface area (Å²) in [5, 5.41) is 15.1. The van der Waals surface area contributed by atoms with E-state index in [2.05, 4.69) is 20.6 Å². The Morgan fingerprint density at radius 1 is 1.28 bits per heavy atom. The zero-order valence-corrected chi connectivity index (χ0v) is 17.3. The van der Waals surface area contributed by atoms with Crippen molar-refractivity contribution in [2.24, 2.45) is 0 Å². The van der Waals surface area contributed by atoms with Gasteiger partial charge in [-0.2, -0.15) is 5.10 Å². The molecule has 0 spiro atoms. The molecule has 3 aromatic rings. The summed E-state index contributed by atoms with van der Waals surface area (Å²) in [5.41, 5.74) is 0.668. The molecule has 1 amide bonds. The van der Waals surface area contributed by atoms with E-state index in [1.165, 1.54) is 46.8 Å². The number of amides is 1. The van der Waals surface area contributed by atoms with Gasteiger partial charge < -0.3 is 4.74 Å². The second-order valence-corrected chi connectivity index (χ2v) is 8.13. The van der Waals surface area contributed by atoms with Gasteiger partial charge >= 0.3 is 0 Å². The largest absolute Gasteiger partial charge is 0.489 e. The Hall–Kier alpha value is -2.79. The minimum absolute atomic E-state index is 0.0276. The lowest BCUT2D eigenvalue weighted by Gasteiger charge is -2.03. The Bertz CT molecular complexity index is 1000.